The number of morpholine rings is 1. The van der Waals surface area contributed by atoms with Gasteiger partial charge in [-0.05, 0) is 60.9 Å². The topological polar surface area (TPSA) is 131 Å². The fourth-order valence-electron chi connectivity index (χ4n) is 6.32. The molecule has 2 aromatic heterocycles. The second kappa shape index (κ2) is 13.8. The number of hydrogen-bond acceptors (Lipinski definition) is 9. The number of esters is 1. The molecule has 0 bridgehead atoms. The third-order valence-electron chi connectivity index (χ3n) is 8.65. The summed E-state index contributed by atoms with van der Waals surface area (Å²) >= 11 is 0. The molecule has 4 heterocycles. The number of pyridine rings is 2. The molecule has 260 valence electrons. The highest BCUT2D eigenvalue weighted by atomic mass is 19.4. The number of anilines is 2. The van der Waals surface area contributed by atoms with Gasteiger partial charge in [-0.1, -0.05) is 12.1 Å². The number of hydrogen-bond donors (Lipinski definition) is 1. The van der Waals surface area contributed by atoms with Crippen LogP contribution in [0.4, 0.5) is 28.9 Å². The first kappa shape index (κ1) is 34.4. The van der Waals surface area contributed by atoms with Gasteiger partial charge in [0.25, 0.3) is 11.8 Å². The molecule has 0 saturated carbocycles. The predicted octanol–water partition coefficient (Wildman–Crippen LogP) is 4.48. The number of halogens is 4. The Morgan fingerprint density at radius 1 is 1.14 bits per heavy atom. The summed E-state index contributed by atoms with van der Waals surface area (Å²) in [4.78, 5) is 63.8. The average Bonchev–Trinajstić information content (AvgIpc) is 3.08. The number of fused-ring (bicyclic) bond motifs is 2. The van der Waals surface area contributed by atoms with Crippen molar-refractivity contribution in [2.24, 2.45) is 0 Å². The Morgan fingerprint density at radius 2 is 1.94 bits per heavy atom. The first-order valence-electron chi connectivity index (χ1n) is 15.7. The number of carbonyl (C=O) groups excluding carboxylic acids is 4. The average molecular weight is 694 g/mol. The minimum Gasteiger partial charge on any atom is -0.464 e. The SMILES string of the molecule is CCOC(=O)[C@H](Cc1ccc(N2C(=O)Cc3cnccc3C2=O)c2ncccc12)NC(=O)c1c(C)cc(N2CCOC[C@@H]2C(F)(F)F)cc1F. The van der Waals surface area contributed by atoms with Gasteiger partial charge < -0.3 is 19.7 Å². The number of amides is 3. The zero-order chi connectivity index (χ0) is 35.7. The van der Waals surface area contributed by atoms with Crippen LogP contribution in [0.5, 0.6) is 0 Å². The van der Waals surface area contributed by atoms with Crippen LogP contribution in [-0.4, -0.2) is 78.3 Å². The standard InChI is InChI=1S/C35H31F4N5O6/c1-3-50-34(48)26(42-32(46)30-19(2)13-22(16-25(30)36)43-11-12-49-18-28(43)35(37,38)39)14-20-6-7-27(31-23(20)5-4-9-41-31)44-29(45)15-21-17-40-10-8-24(21)33(44)47/h4-10,13,16-17,26,28H,3,11-12,14-15,18H2,1-2H3,(H,42,46)/t26-,28+/m0/s1. The van der Waals surface area contributed by atoms with Crippen molar-refractivity contribution in [1.29, 1.82) is 0 Å². The lowest BCUT2D eigenvalue weighted by Crippen LogP contribution is -2.53. The number of ether oxygens (including phenoxy) is 2. The van der Waals surface area contributed by atoms with Crippen LogP contribution in [0.1, 0.15) is 44.3 Å². The molecule has 6 rings (SSSR count). The molecule has 50 heavy (non-hydrogen) atoms. The molecule has 1 fully saturated rings. The lowest BCUT2D eigenvalue weighted by atomic mass is 9.96. The third-order valence-corrected chi connectivity index (χ3v) is 8.65. The van der Waals surface area contributed by atoms with Crippen molar-refractivity contribution in [3.8, 4) is 0 Å². The van der Waals surface area contributed by atoms with Gasteiger partial charge in [0.2, 0.25) is 5.91 Å². The van der Waals surface area contributed by atoms with E-state index in [2.05, 4.69) is 15.3 Å². The van der Waals surface area contributed by atoms with Crippen LogP contribution < -0.4 is 15.1 Å². The van der Waals surface area contributed by atoms with Crippen LogP contribution in [0.25, 0.3) is 10.9 Å². The molecular weight excluding hydrogens is 662 g/mol. The van der Waals surface area contributed by atoms with Crippen molar-refractivity contribution >= 4 is 46.0 Å². The minimum absolute atomic E-state index is 0.0121. The summed E-state index contributed by atoms with van der Waals surface area (Å²) in [5, 5.41) is 3.01. The minimum atomic E-state index is -4.63. The van der Waals surface area contributed by atoms with Gasteiger partial charge in [0.15, 0.2) is 0 Å². The summed E-state index contributed by atoms with van der Waals surface area (Å²) in [6.07, 6.45) is -0.408. The van der Waals surface area contributed by atoms with Crippen LogP contribution in [0.3, 0.4) is 0 Å². The number of rotatable bonds is 8. The van der Waals surface area contributed by atoms with Gasteiger partial charge in [0, 0.05) is 48.2 Å². The zero-order valence-electron chi connectivity index (χ0n) is 26.9. The van der Waals surface area contributed by atoms with Crippen molar-refractivity contribution in [3.05, 3.63) is 94.7 Å². The van der Waals surface area contributed by atoms with Crippen LogP contribution in [0, 0.1) is 12.7 Å². The molecule has 2 aromatic carbocycles. The van der Waals surface area contributed by atoms with E-state index in [1.807, 2.05) is 0 Å². The largest absolute Gasteiger partial charge is 0.464 e. The number of alkyl halides is 3. The second-order valence-corrected chi connectivity index (χ2v) is 11.8. The molecule has 2 atom stereocenters. The summed E-state index contributed by atoms with van der Waals surface area (Å²) in [5.74, 6) is -3.88. The summed E-state index contributed by atoms with van der Waals surface area (Å²) in [6, 6.07) is 6.81. The number of imide groups is 1. The Balaban J connectivity index is 1.30. The van der Waals surface area contributed by atoms with Gasteiger partial charge in [0.1, 0.15) is 17.9 Å². The summed E-state index contributed by atoms with van der Waals surface area (Å²) < 4.78 is 66.8. The smallest absolute Gasteiger partial charge is 0.411 e. The lowest BCUT2D eigenvalue weighted by molar-refractivity contribution is -0.167. The molecule has 0 aliphatic carbocycles. The van der Waals surface area contributed by atoms with E-state index < -0.39 is 59.9 Å². The van der Waals surface area contributed by atoms with E-state index in [1.165, 1.54) is 43.7 Å². The molecule has 2 aliphatic heterocycles. The Hall–Kier alpha value is -5.44. The molecular formula is C35H31F4N5O6. The number of carbonyl (C=O) groups is 4. The second-order valence-electron chi connectivity index (χ2n) is 11.8. The lowest BCUT2D eigenvalue weighted by Gasteiger charge is -2.38. The van der Waals surface area contributed by atoms with Crippen LogP contribution in [0.15, 0.2) is 61.1 Å². The zero-order valence-corrected chi connectivity index (χ0v) is 26.9. The maximum Gasteiger partial charge on any atom is 0.411 e. The van der Waals surface area contributed by atoms with Crippen LogP contribution in [-0.2, 0) is 31.9 Å². The summed E-state index contributed by atoms with van der Waals surface area (Å²) in [6.45, 7) is 2.21. The van der Waals surface area contributed by atoms with Crippen molar-refractivity contribution in [1.82, 2.24) is 15.3 Å². The van der Waals surface area contributed by atoms with E-state index in [0.29, 0.717) is 22.1 Å². The van der Waals surface area contributed by atoms with E-state index in [1.54, 1.807) is 25.1 Å². The van der Waals surface area contributed by atoms with Gasteiger partial charge in [-0.2, -0.15) is 13.2 Å². The first-order valence-corrected chi connectivity index (χ1v) is 15.7. The molecule has 11 nitrogen and oxygen atoms in total. The Kier molecular flexibility index (Phi) is 9.51. The van der Waals surface area contributed by atoms with Gasteiger partial charge in [-0.25, -0.2) is 14.1 Å². The highest BCUT2D eigenvalue weighted by Crippen LogP contribution is 2.34. The molecule has 0 spiro atoms. The highest BCUT2D eigenvalue weighted by Gasteiger charge is 2.46. The van der Waals surface area contributed by atoms with Crippen LogP contribution >= 0.6 is 0 Å². The van der Waals surface area contributed by atoms with Crippen molar-refractivity contribution in [2.75, 3.05) is 36.2 Å². The molecule has 2 aliphatic rings. The molecule has 0 radical (unpaired) electrons. The quantitative estimate of drug-likeness (QED) is 0.161. The van der Waals surface area contributed by atoms with Crippen molar-refractivity contribution in [3.63, 3.8) is 0 Å². The normalized spacial score (nSPS) is 17.0. The molecule has 4 aromatic rings. The van der Waals surface area contributed by atoms with Gasteiger partial charge in [-0.3, -0.25) is 24.4 Å². The highest BCUT2D eigenvalue weighted by molar-refractivity contribution is 6.26. The molecule has 3 amide bonds. The predicted molar refractivity (Wildman–Crippen MR) is 172 cm³/mol. The fourth-order valence-corrected chi connectivity index (χ4v) is 6.32. The van der Waals surface area contributed by atoms with Crippen molar-refractivity contribution in [2.45, 2.75) is 44.9 Å². The number of aromatic nitrogens is 2. The van der Waals surface area contributed by atoms with Gasteiger partial charge >= 0.3 is 12.1 Å². The van der Waals surface area contributed by atoms with E-state index in [9.17, 15) is 32.3 Å². The maximum atomic E-state index is 15.6. The fraction of sp³-hybridized carbons (Fsp3) is 0.314. The van der Waals surface area contributed by atoms with E-state index in [0.717, 1.165) is 15.9 Å². The number of benzene rings is 2. The molecule has 1 N–H and O–H groups in total. The monoisotopic (exact) mass is 693 g/mol. The van der Waals surface area contributed by atoms with Gasteiger partial charge in [0.05, 0.1) is 43.0 Å². The molecule has 0 unspecified atom stereocenters. The molecule has 15 heteroatoms. The van der Waals surface area contributed by atoms with Crippen molar-refractivity contribution < 1.29 is 46.2 Å². The van der Waals surface area contributed by atoms with Crippen LogP contribution in [0.2, 0.25) is 0 Å². The number of nitrogens with one attached hydrogen (secondary N) is 1. The summed E-state index contributed by atoms with van der Waals surface area (Å²) in [5.41, 5.74) is 1.40. The Morgan fingerprint density at radius 3 is 2.68 bits per heavy atom. The number of aryl methyl sites for hydroxylation is 1. The van der Waals surface area contributed by atoms with Gasteiger partial charge in [-0.15, -0.1) is 0 Å². The number of nitrogens with zero attached hydrogens (tertiary/aromatic N) is 4. The first-order chi connectivity index (χ1) is 23.9. The van der Waals surface area contributed by atoms with E-state index >= 15 is 4.39 Å². The maximum absolute atomic E-state index is 15.6. The molecule has 1 saturated heterocycles. The Labute approximate surface area is 283 Å². The summed E-state index contributed by atoms with van der Waals surface area (Å²) in [7, 11) is 0. The Bertz CT molecular complexity index is 1980. The van der Waals surface area contributed by atoms with E-state index in [-0.39, 0.29) is 55.1 Å². The third kappa shape index (κ3) is 6.60. The van der Waals surface area contributed by atoms with E-state index in [4.69, 9.17) is 9.47 Å².